The van der Waals surface area contributed by atoms with Gasteiger partial charge in [0.2, 0.25) is 10.0 Å². The summed E-state index contributed by atoms with van der Waals surface area (Å²) >= 11 is 0. The predicted molar refractivity (Wildman–Crippen MR) is 75.3 cm³/mol. The number of pyridine rings is 1. The molecule has 0 unspecified atom stereocenters. The van der Waals surface area contributed by atoms with Crippen molar-refractivity contribution in [2.75, 3.05) is 15.8 Å². The van der Waals surface area contributed by atoms with Gasteiger partial charge in [0.25, 0.3) is 0 Å². The molecule has 0 aliphatic carbocycles. The highest BCUT2D eigenvalue weighted by Crippen LogP contribution is 2.15. The van der Waals surface area contributed by atoms with Crippen molar-refractivity contribution in [3.8, 4) is 0 Å². The minimum Gasteiger partial charge on any atom is -0.379 e. The van der Waals surface area contributed by atoms with Crippen LogP contribution in [0.15, 0.2) is 18.3 Å². The molecule has 0 fully saturated rings. The smallest absolute Gasteiger partial charge is 0.233 e. The quantitative estimate of drug-likeness (QED) is 0.863. The topological polar surface area (TPSA) is 71.1 Å². The fourth-order valence-corrected chi connectivity index (χ4v) is 2.52. The lowest BCUT2D eigenvalue weighted by Crippen LogP contribution is -2.26. The Morgan fingerprint density at radius 2 is 1.94 bits per heavy atom. The number of hydrogen-bond acceptors (Lipinski definition) is 4. The van der Waals surface area contributed by atoms with Crippen molar-refractivity contribution < 1.29 is 8.42 Å². The van der Waals surface area contributed by atoms with E-state index in [1.165, 1.54) is 0 Å². The Kier molecular flexibility index (Phi) is 4.56. The lowest BCUT2D eigenvalue weighted by atomic mass is 10.1. The minimum absolute atomic E-state index is 0.0507. The Balaban J connectivity index is 2.72. The molecule has 18 heavy (non-hydrogen) atoms. The van der Waals surface area contributed by atoms with Gasteiger partial charge in [0.05, 0.1) is 17.6 Å². The van der Waals surface area contributed by atoms with E-state index in [1.54, 1.807) is 12.3 Å². The predicted octanol–water partition coefficient (Wildman–Crippen LogP) is 2.44. The van der Waals surface area contributed by atoms with E-state index in [4.69, 9.17) is 0 Å². The second-order valence-corrected chi connectivity index (χ2v) is 7.07. The Morgan fingerprint density at radius 1 is 1.28 bits per heavy atom. The number of aromatic nitrogens is 1. The molecule has 5 nitrogen and oxygen atoms in total. The first kappa shape index (κ1) is 14.8. The van der Waals surface area contributed by atoms with Crippen LogP contribution >= 0.6 is 0 Å². The zero-order valence-electron chi connectivity index (χ0n) is 11.3. The summed E-state index contributed by atoms with van der Waals surface area (Å²) in [6.45, 7) is 7.96. The molecular formula is C12H21N3O2S. The molecule has 0 saturated carbocycles. The molecule has 0 saturated heterocycles. The Hall–Kier alpha value is -1.30. The van der Waals surface area contributed by atoms with Crippen LogP contribution in [0.4, 0.5) is 11.5 Å². The van der Waals surface area contributed by atoms with Crippen LogP contribution in [0.1, 0.15) is 34.1 Å². The fraction of sp³-hybridized carbons (Fsp3) is 0.583. The van der Waals surface area contributed by atoms with Gasteiger partial charge in [-0.05, 0) is 39.3 Å². The maximum Gasteiger partial charge on any atom is 0.233 e. The van der Waals surface area contributed by atoms with Crippen molar-refractivity contribution in [2.24, 2.45) is 0 Å². The van der Waals surface area contributed by atoms with Crippen molar-refractivity contribution in [2.45, 2.75) is 39.7 Å². The molecule has 1 rings (SSSR count). The maximum atomic E-state index is 11.5. The van der Waals surface area contributed by atoms with E-state index >= 15 is 0 Å². The first-order chi connectivity index (χ1) is 8.22. The van der Waals surface area contributed by atoms with E-state index in [1.807, 2.05) is 33.8 Å². The van der Waals surface area contributed by atoms with Crippen LogP contribution in [0.25, 0.3) is 0 Å². The van der Waals surface area contributed by atoms with Gasteiger partial charge >= 0.3 is 0 Å². The van der Waals surface area contributed by atoms with Crippen molar-refractivity contribution in [3.05, 3.63) is 18.3 Å². The molecule has 1 aromatic heterocycles. The van der Waals surface area contributed by atoms with Gasteiger partial charge in [-0.3, -0.25) is 4.72 Å². The summed E-state index contributed by atoms with van der Waals surface area (Å²) in [6.07, 6.45) is 2.20. The highest BCUT2D eigenvalue weighted by atomic mass is 32.2. The minimum atomic E-state index is -3.27. The van der Waals surface area contributed by atoms with E-state index in [9.17, 15) is 8.42 Å². The number of anilines is 2. The van der Waals surface area contributed by atoms with Crippen molar-refractivity contribution in [3.63, 3.8) is 0 Å². The summed E-state index contributed by atoms with van der Waals surface area (Å²) < 4.78 is 25.5. The van der Waals surface area contributed by atoms with Gasteiger partial charge in [-0.2, -0.15) is 0 Å². The van der Waals surface area contributed by atoms with Gasteiger partial charge in [-0.1, -0.05) is 6.92 Å². The number of sulfonamides is 1. The lowest BCUT2D eigenvalue weighted by molar-refractivity contribution is 0.599. The van der Waals surface area contributed by atoms with Crippen molar-refractivity contribution in [1.29, 1.82) is 0 Å². The molecule has 0 aliphatic heterocycles. The lowest BCUT2D eigenvalue weighted by Gasteiger charge is -2.21. The second-order valence-electron chi connectivity index (χ2n) is 5.23. The summed E-state index contributed by atoms with van der Waals surface area (Å²) in [7, 11) is -3.27. The zero-order valence-corrected chi connectivity index (χ0v) is 12.1. The van der Waals surface area contributed by atoms with Crippen LogP contribution in [-0.4, -0.2) is 24.7 Å². The molecule has 0 aliphatic rings. The normalized spacial score (nSPS) is 12.2. The molecule has 1 heterocycles. The van der Waals surface area contributed by atoms with Crippen LogP contribution in [0.5, 0.6) is 0 Å². The number of nitrogens with one attached hydrogen (secondary N) is 2. The molecule has 0 amide bonds. The summed E-state index contributed by atoms with van der Waals surface area (Å²) in [4.78, 5) is 4.08. The highest BCUT2D eigenvalue weighted by Gasteiger charge is 2.11. The van der Waals surface area contributed by atoms with Crippen LogP contribution in [0.2, 0.25) is 0 Å². The van der Waals surface area contributed by atoms with Crippen LogP contribution in [-0.2, 0) is 10.0 Å². The van der Waals surface area contributed by atoms with Crippen LogP contribution in [0.3, 0.4) is 0 Å². The third-order valence-electron chi connectivity index (χ3n) is 2.02. The summed E-state index contributed by atoms with van der Waals surface area (Å²) in [5.41, 5.74) is 0.811. The largest absolute Gasteiger partial charge is 0.379 e. The first-order valence-electron chi connectivity index (χ1n) is 5.96. The molecule has 0 bridgehead atoms. The zero-order chi connectivity index (χ0) is 13.8. The van der Waals surface area contributed by atoms with Crippen molar-refractivity contribution in [1.82, 2.24) is 4.98 Å². The molecule has 0 atom stereocenters. The van der Waals surface area contributed by atoms with Crippen molar-refractivity contribution >= 4 is 21.5 Å². The van der Waals surface area contributed by atoms with Gasteiger partial charge < -0.3 is 5.32 Å². The Morgan fingerprint density at radius 3 is 2.39 bits per heavy atom. The Labute approximate surface area is 109 Å². The molecule has 6 heteroatoms. The highest BCUT2D eigenvalue weighted by molar-refractivity contribution is 7.92. The molecule has 0 spiro atoms. The summed E-state index contributed by atoms with van der Waals surface area (Å²) in [5.74, 6) is 0.458. The summed E-state index contributed by atoms with van der Waals surface area (Å²) in [5, 5.41) is 3.26. The monoisotopic (exact) mass is 271 g/mol. The second kappa shape index (κ2) is 5.56. The Bertz CT molecular complexity index is 475. The first-order valence-corrected chi connectivity index (χ1v) is 7.62. The SMILES string of the molecule is CCCS(=O)(=O)Nc1ccc(NC(C)(C)C)cn1. The maximum absolute atomic E-state index is 11.5. The third-order valence-corrected chi connectivity index (χ3v) is 3.48. The van der Waals surface area contributed by atoms with Gasteiger partial charge in [0.1, 0.15) is 5.82 Å². The molecule has 1 aromatic rings. The average Bonchev–Trinajstić information content (AvgIpc) is 2.18. The number of nitrogens with zero attached hydrogens (tertiary/aromatic N) is 1. The van der Waals surface area contributed by atoms with E-state index in [0.29, 0.717) is 12.2 Å². The fourth-order valence-electron chi connectivity index (χ4n) is 1.44. The van der Waals surface area contributed by atoms with Crippen LogP contribution < -0.4 is 10.0 Å². The molecular weight excluding hydrogens is 250 g/mol. The van der Waals surface area contributed by atoms with E-state index in [-0.39, 0.29) is 11.3 Å². The molecule has 0 radical (unpaired) electrons. The number of hydrogen-bond donors (Lipinski definition) is 2. The van der Waals surface area contributed by atoms with Crippen LogP contribution in [0, 0.1) is 0 Å². The average molecular weight is 271 g/mol. The molecule has 0 aromatic carbocycles. The van der Waals surface area contributed by atoms with Gasteiger partial charge in [0, 0.05) is 5.54 Å². The summed E-state index contributed by atoms with van der Waals surface area (Å²) in [6, 6.07) is 3.46. The molecule has 2 N–H and O–H groups in total. The van der Waals surface area contributed by atoms with Gasteiger partial charge in [-0.15, -0.1) is 0 Å². The van der Waals surface area contributed by atoms with Gasteiger partial charge in [-0.25, -0.2) is 13.4 Å². The van der Waals surface area contributed by atoms with E-state index in [2.05, 4.69) is 15.0 Å². The van der Waals surface area contributed by atoms with E-state index < -0.39 is 10.0 Å². The number of rotatable bonds is 5. The van der Waals surface area contributed by atoms with Gasteiger partial charge in [0.15, 0.2) is 0 Å². The molecule has 102 valence electrons. The standard InChI is InChI=1S/C12H21N3O2S/c1-5-8-18(16,17)15-11-7-6-10(9-13-11)14-12(2,3)4/h6-7,9,14H,5,8H2,1-4H3,(H,13,15). The third kappa shape index (κ3) is 5.35. The van der Waals surface area contributed by atoms with E-state index in [0.717, 1.165) is 5.69 Å².